The molecular weight excluding hydrogens is 388 g/mol. The second-order valence-corrected chi connectivity index (χ2v) is 9.85. The first kappa shape index (κ1) is 26.7. The largest absolute Gasteiger partial charge is 0.334 e. The minimum Gasteiger partial charge on any atom is -0.334 e. The first-order chi connectivity index (χ1) is 15.8. The lowest BCUT2D eigenvalue weighted by molar-refractivity contribution is 0.275. The summed E-state index contributed by atoms with van der Waals surface area (Å²) in [6.07, 6.45) is 29.5. The van der Waals surface area contributed by atoms with Gasteiger partial charge in [0.05, 0.1) is 6.33 Å². The van der Waals surface area contributed by atoms with E-state index >= 15 is 0 Å². The second kappa shape index (κ2) is 17.9. The number of hydrogen-bond acceptors (Lipinski definition) is 1. The van der Waals surface area contributed by atoms with Gasteiger partial charge in [0.25, 0.3) is 0 Å². The zero-order valence-corrected chi connectivity index (χ0v) is 21.2. The standard InChI is InChI=1S/C30H50N2/c1-3-5-7-9-10-11-12-14-19-23-30(32-25-24-31-27-32)29(22-18-13-8-6-4-2)26-28-20-16-15-17-21-28/h15-17,20-21,24-25,27,29-30H,3-14,18-19,22-23,26H2,1-2H3. The van der Waals surface area contributed by atoms with E-state index in [1.807, 2.05) is 6.20 Å². The Morgan fingerprint density at radius 2 is 1.25 bits per heavy atom. The van der Waals surface area contributed by atoms with E-state index in [0.717, 1.165) is 0 Å². The summed E-state index contributed by atoms with van der Waals surface area (Å²) in [5.74, 6) is 0.697. The van der Waals surface area contributed by atoms with Crippen molar-refractivity contribution in [3.8, 4) is 0 Å². The molecule has 0 saturated heterocycles. The Labute approximate surface area is 199 Å². The Balaban J connectivity index is 1.88. The van der Waals surface area contributed by atoms with Crippen LogP contribution in [0.4, 0.5) is 0 Å². The zero-order valence-electron chi connectivity index (χ0n) is 21.2. The third-order valence-corrected chi connectivity index (χ3v) is 7.07. The third kappa shape index (κ3) is 11.3. The lowest BCUT2D eigenvalue weighted by Gasteiger charge is -2.29. The molecule has 0 aliphatic heterocycles. The number of rotatable bonds is 20. The summed E-state index contributed by atoms with van der Waals surface area (Å²) >= 11 is 0. The summed E-state index contributed by atoms with van der Waals surface area (Å²) in [4.78, 5) is 4.41. The Kier molecular flexibility index (Phi) is 14.9. The van der Waals surface area contributed by atoms with Gasteiger partial charge in [-0.15, -0.1) is 0 Å². The van der Waals surface area contributed by atoms with E-state index in [4.69, 9.17) is 0 Å². The lowest BCUT2D eigenvalue weighted by Crippen LogP contribution is -2.21. The van der Waals surface area contributed by atoms with E-state index < -0.39 is 0 Å². The number of benzene rings is 1. The molecule has 1 heterocycles. The second-order valence-electron chi connectivity index (χ2n) is 9.85. The van der Waals surface area contributed by atoms with Crippen molar-refractivity contribution in [2.75, 3.05) is 0 Å². The molecule has 0 saturated carbocycles. The smallest absolute Gasteiger partial charge is 0.0948 e. The number of hydrogen-bond donors (Lipinski definition) is 0. The van der Waals surface area contributed by atoms with Crippen LogP contribution in [0.15, 0.2) is 49.1 Å². The van der Waals surface area contributed by atoms with E-state index in [-0.39, 0.29) is 0 Å². The minimum absolute atomic E-state index is 0.577. The molecule has 32 heavy (non-hydrogen) atoms. The molecular formula is C30H50N2. The molecule has 0 aliphatic carbocycles. The number of nitrogens with zero attached hydrogens (tertiary/aromatic N) is 2. The summed E-state index contributed by atoms with van der Waals surface area (Å²) in [5.41, 5.74) is 1.49. The monoisotopic (exact) mass is 438 g/mol. The quantitative estimate of drug-likeness (QED) is 0.188. The van der Waals surface area contributed by atoms with Crippen molar-refractivity contribution in [3.63, 3.8) is 0 Å². The van der Waals surface area contributed by atoms with Gasteiger partial charge in [-0.3, -0.25) is 0 Å². The summed E-state index contributed by atoms with van der Waals surface area (Å²) < 4.78 is 2.42. The van der Waals surface area contributed by atoms with E-state index in [9.17, 15) is 0 Å². The van der Waals surface area contributed by atoms with E-state index in [1.165, 1.54) is 115 Å². The number of aromatic nitrogens is 2. The molecule has 180 valence electrons. The normalized spacial score (nSPS) is 13.3. The van der Waals surface area contributed by atoms with Crippen molar-refractivity contribution in [2.24, 2.45) is 5.92 Å². The van der Waals surface area contributed by atoms with Crippen LogP contribution < -0.4 is 0 Å². The highest BCUT2D eigenvalue weighted by atomic mass is 15.1. The minimum atomic E-state index is 0.577. The van der Waals surface area contributed by atoms with Crippen LogP contribution in [-0.2, 0) is 6.42 Å². The number of unbranched alkanes of at least 4 members (excludes halogenated alkanes) is 12. The first-order valence-electron chi connectivity index (χ1n) is 13.9. The van der Waals surface area contributed by atoms with Gasteiger partial charge < -0.3 is 4.57 Å². The zero-order chi connectivity index (χ0) is 22.7. The van der Waals surface area contributed by atoms with Gasteiger partial charge >= 0.3 is 0 Å². The van der Waals surface area contributed by atoms with E-state index in [0.29, 0.717) is 12.0 Å². The van der Waals surface area contributed by atoms with Gasteiger partial charge in [0.15, 0.2) is 0 Å². The van der Waals surface area contributed by atoms with Crippen molar-refractivity contribution in [1.29, 1.82) is 0 Å². The lowest BCUT2D eigenvalue weighted by atomic mass is 9.84. The average molecular weight is 439 g/mol. The molecule has 2 nitrogen and oxygen atoms in total. The predicted octanol–water partition coefficient (Wildman–Crippen LogP) is 9.56. The van der Waals surface area contributed by atoms with Gasteiger partial charge in [-0.25, -0.2) is 4.98 Å². The Morgan fingerprint density at radius 3 is 1.81 bits per heavy atom. The molecule has 2 unspecified atom stereocenters. The third-order valence-electron chi connectivity index (χ3n) is 7.07. The van der Waals surface area contributed by atoms with Crippen LogP contribution in [0.1, 0.15) is 128 Å². The van der Waals surface area contributed by atoms with Gasteiger partial charge in [-0.05, 0) is 30.7 Å². The molecule has 2 rings (SSSR count). The molecule has 1 aromatic carbocycles. The fraction of sp³-hybridized carbons (Fsp3) is 0.700. The highest BCUT2D eigenvalue weighted by Gasteiger charge is 2.23. The highest BCUT2D eigenvalue weighted by molar-refractivity contribution is 5.15. The molecule has 0 bridgehead atoms. The van der Waals surface area contributed by atoms with Crippen LogP contribution in [-0.4, -0.2) is 9.55 Å². The van der Waals surface area contributed by atoms with Crippen molar-refractivity contribution in [3.05, 3.63) is 54.6 Å². The topological polar surface area (TPSA) is 17.8 Å². The Bertz CT molecular complexity index is 634. The molecule has 2 aromatic rings. The van der Waals surface area contributed by atoms with Gasteiger partial charge in [0, 0.05) is 18.4 Å². The average Bonchev–Trinajstić information content (AvgIpc) is 3.35. The molecule has 0 N–H and O–H groups in total. The van der Waals surface area contributed by atoms with Crippen molar-refractivity contribution in [2.45, 2.75) is 129 Å². The van der Waals surface area contributed by atoms with Crippen LogP contribution in [0.5, 0.6) is 0 Å². The molecule has 0 fully saturated rings. The van der Waals surface area contributed by atoms with Crippen LogP contribution in [0, 0.1) is 5.92 Å². The maximum Gasteiger partial charge on any atom is 0.0948 e. The molecule has 0 radical (unpaired) electrons. The Morgan fingerprint density at radius 1 is 0.688 bits per heavy atom. The van der Waals surface area contributed by atoms with Crippen LogP contribution >= 0.6 is 0 Å². The van der Waals surface area contributed by atoms with Crippen LogP contribution in [0.3, 0.4) is 0 Å². The Hall–Kier alpha value is -1.57. The first-order valence-corrected chi connectivity index (χ1v) is 13.9. The summed E-state index contributed by atoms with van der Waals surface area (Å²) in [5, 5.41) is 0. The summed E-state index contributed by atoms with van der Waals surface area (Å²) in [6, 6.07) is 11.7. The summed E-state index contributed by atoms with van der Waals surface area (Å²) in [7, 11) is 0. The van der Waals surface area contributed by atoms with E-state index in [1.54, 1.807) is 0 Å². The molecule has 1 aromatic heterocycles. The van der Waals surface area contributed by atoms with Crippen LogP contribution in [0.2, 0.25) is 0 Å². The SMILES string of the molecule is CCCCCCCCCCCC(C(CCCCCCC)Cc1ccccc1)n1ccnc1. The van der Waals surface area contributed by atoms with Crippen molar-refractivity contribution < 1.29 is 0 Å². The highest BCUT2D eigenvalue weighted by Crippen LogP contribution is 2.32. The molecule has 0 amide bonds. The predicted molar refractivity (Wildman–Crippen MR) is 140 cm³/mol. The maximum absolute atomic E-state index is 4.41. The summed E-state index contributed by atoms with van der Waals surface area (Å²) in [6.45, 7) is 4.60. The molecule has 2 atom stereocenters. The van der Waals surface area contributed by atoms with Gasteiger partial charge in [-0.2, -0.15) is 0 Å². The van der Waals surface area contributed by atoms with Gasteiger partial charge in [0.2, 0.25) is 0 Å². The molecule has 0 aliphatic rings. The fourth-order valence-corrected chi connectivity index (χ4v) is 5.12. The van der Waals surface area contributed by atoms with Crippen LogP contribution in [0.25, 0.3) is 0 Å². The molecule has 0 spiro atoms. The van der Waals surface area contributed by atoms with Crippen molar-refractivity contribution in [1.82, 2.24) is 9.55 Å². The van der Waals surface area contributed by atoms with E-state index in [2.05, 4.69) is 66.3 Å². The van der Waals surface area contributed by atoms with Gasteiger partial charge in [0.1, 0.15) is 0 Å². The van der Waals surface area contributed by atoms with Crippen molar-refractivity contribution >= 4 is 0 Å². The fourth-order valence-electron chi connectivity index (χ4n) is 5.12. The number of imidazole rings is 1. The molecule has 2 heteroatoms. The maximum atomic E-state index is 4.41. The van der Waals surface area contributed by atoms with Gasteiger partial charge in [-0.1, -0.05) is 134 Å².